The normalized spacial score (nSPS) is 21.4. The van der Waals surface area contributed by atoms with Crippen LogP contribution in [-0.2, 0) is 6.18 Å². The van der Waals surface area contributed by atoms with E-state index in [1.54, 1.807) is 4.90 Å². The topological polar surface area (TPSA) is 97.5 Å². The zero-order valence-corrected chi connectivity index (χ0v) is 27.8. The zero-order valence-electron chi connectivity index (χ0n) is 27.8. The standard InChI is InChI=1S/C35H39F6N5O3/c1-18-16-46(17-19(2)45(18)5)28-14-24(36)21(12-27(28)43-32(48)22-15-42-30(47)13-23(22)35(39,40)41)20-10-25(37)31(26(38)11-20)33(49)44-29-8-6-7-9-34(29,3)4/h10-15,18-19,29H,6-9,16-17H2,1-5H3,(H,42,47)(H,43,48)(H,44,49). The van der Waals surface area contributed by atoms with Crippen LogP contribution >= 0.6 is 0 Å². The third kappa shape index (κ3) is 7.48. The summed E-state index contributed by atoms with van der Waals surface area (Å²) in [5.74, 6) is -5.59. The maximum Gasteiger partial charge on any atom is 0.417 e. The highest BCUT2D eigenvalue weighted by Gasteiger charge is 2.37. The molecule has 0 radical (unpaired) electrons. The molecule has 3 atom stereocenters. The monoisotopic (exact) mass is 691 g/mol. The van der Waals surface area contributed by atoms with Crippen molar-refractivity contribution < 1.29 is 35.9 Å². The molecule has 8 nitrogen and oxygen atoms in total. The quantitative estimate of drug-likeness (QED) is 0.243. The molecule has 1 aliphatic heterocycles. The number of nitrogens with zero attached hydrogens (tertiary/aromatic N) is 2. The van der Waals surface area contributed by atoms with Crippen molar-refractivity contribution in [3.63, 3.8) is 0 Å². The van der Waals surface area contributed by atoms with Crippen LogP contribution in [0, 0.1) is 22.9 Å². The number of pyridine rings is 1. The van der Waals surface area contributed by atoms with Crippen molar-refractivity contribution in [2.45, 2.75) is 77.7 Å². The first-order valence-corrected chi connectivity index (χ1v) is 16.1. The summed E-state index contributed by atoms with van der Waals surface area (Å²) < 4.78 is 88.3. The van der Waals surface area contributed by atoms with Crippen LogP contribution in [0.15, 0.2) is 41.3 Å². The van der Waals surface area contributed by atoms with Crippen molar-refractivity contribution in [2.75, 3.05) is 30.4 Å². The Balaban J connectivity index is 1.56. The van der Waals surface area contributed by atoms with Gasteiger partial charge in [-0.05, 0) is 69.0 Å². The lowest BCUT2D eigenvalue weighted by atomic mass is 9.73. The molecule has 2 fully saturated rings. The average Bonchev–Trinajstić information content (AvgIpc) is 3.00. The molecule has 5 rings (SSSR count). The van der Waals surface area contributed by atoms with Gasteiger partial charge in [-0.3, -0.25) is 19.3 Å². The minimum atomic E-state index is -5.05. The number of aromatic amines is 1. The summed E-state index contributed by atoms with van der Waals surface area (Å²) in [7, 11) is 1.91. The third-order valence-corrected chi connectivity index (χ3v) is 9.90. The number of hydrogen-bond donors (Lipinski definition) is 3. The van der Waals surface area contributed by atoms with Crippen molar-refractivity contribution in [3.8, 4) is 11.1 Å². The molecule has 1 saturated heterocycles. The Morgan fingerprint density at radius 3 is 2.14 bits per heavy atom. The number of likely N-dealkylation sites (N-methyl/N-ethyl adjacent to an activating group) is 1. The smallest absolute Gasteiger partial charge is 0.367 e. The second-order valence-electron chi connectivity index (χ2n) is 13.8. The Hall–Kier alpha value is -4.33. The lowest BCUT2D eigenvalue weighted by molar-refractivity contribution is -0.138. The number of hydrogen-bond acceptors (Lipinski definition) is 5. The minimum absolute atomic E-state index is 0.0351. The number of rotatable bonds is 6. The van der Waals surface area contributed by atoms with Gasteiger partial charge in [-0.15, -0.1) is 0 Å². The molecule has 1 saturated carbocycles. The molecule has 49 heavy (non-hydrogen) atoms. The van der Waals surface area contributed by atoms with Crippen molar-refractivity contribution >= 4 is 23.2 Å². The Bertz CT molecular complexity index is 1790. The summed E-state index contributed by atoms with van der Waals surface area (Å²) in [6, 6.07) is 3.63. The van der Waals surface area contributed by atoms with E-state index in [-0.39, 0.29) is 52.1 Å². The Morgan fingerprint density at radius 1 is 0.918 bits per heavy atom. The number of carbonyl (C=O) groups excluding carboxylic acids is 2. The van der Waals surface area contributed by atoms with Crippen LogP contribution in [0.4, 0.5) is 37.7 Å². The highest BCUT2D eigenvalue weighted by atomic mass is 19.4. The van der Waals surface area contributed by atoms with Crippen molar-refractivity contribution in [3.05, 3.63) is 81.0 Å². The van der Waals surface area contributed by atoms with E-state index in [1.807, 2.05) is 34.7 Å². The molecule has 14 heteroatoms. The molecule has 2 heterocycles. The second kappa shape index (κ2) is 13.5. The van der Waals surface area contributed by atoms with Crippen molar-refractivity contribution in [1.29, 1.82) is 0 Å². The van der Waals surface area contributed by atoms with Gasteiger partial charge in [0.05, 0.1) is 22.5 Å². The van der Waals surface area contributed by atoms with E-state index in [9.17, 15) is 27.6 Å². The fourth-order valence-electron chi connectivity index (χ4n) is 6.77. The number of H-pyrrole nitrogens is 1. The number of carbonyl (C=O) groups is 2. The molecule has 0 spiro atoms. The van der Waals surface area contributed by atoms with Gasteiger partial charge in [-0.25, -0.2) is 13.2 Å². The number of halogens is 6. The van der Waals surface area contributed by atoms with E-state index in [0.717, 1.165) is 43.5 Å². The molecule has 2 aliphatic rings. The Kier molecular flexibility index (Phi) is 9.93. The zero-order chi connectivity index (χ0) is 36.0. The van der Waals surface area contributed by atoms with Gasteiger partial charge in [0.25, 0.3) is 11.8 Å². The van der Waals surface area contributed by atoms with Crippen molar-refractivity contribution in [1.82, 2.24) is 15.2 Å². The highest BCUT2D eigenvalue weighted by molar-refractivity contribution is 6.07. The Labute approximate surface area is 279 Å². The van der Waals surface area contributed by atoms with Gasteiger partial charge >= 0.3 is 6.18 Å². The number of piperazine rings is 1. The van der Waals surface area contributed by atoms with Gasteiger partial charge in [0.1, 0.15) is 23.0 Å². The minimum Gasteiger partial charge on any atom is -0.367 e. The number of nitrogens with one attached hydrogen (secondary N) is 3. The van der Waals surface area contributed by atoms with Crippen LogP contribution in [0.1, 0.15) is 79.7 Å². The highest BCUT2D eigenvalue weighted by Crippen LogP contribution is 2.39. The van der Waals surface area contributed by atoms with E-state index in [0.29, 0.717) is 25.7 Å². The first-order valence-electron chi connectivity index (χ1n) is 16.1. The van der Waals surface area contributed by atoms with E-state index < -0.39 is 57.7 Å². The molecule has 3 N–H and O–H groups in total. The van der Waals surface area contributed by atoms with E-state index in [1.165, 1.54) is 0 Å². The molecular weight excluding hydrogens is 652 g/mol. The van der Waals surface area contributed by atoms with E-state index >= 15 is 13.2 Å². The summed E-state index contributed by atoms with van der Waals surface area (Å²) in [6.45, 7) is 8.53. The van der Waals surface area contributed by atoms with Crippen LogP contribution in [0.25, 0.3) is 11.1 Å². The van der Waals surface area contributed by atoms with Gasteiger partial charge < -0.3 is 20.5 Å². The molecule has 264 valence electrons. The molecule has 0 bridgehead atoms. The molecular formula is C35H39F6N5O3. The maximum absolute atomic E-state index is 15.9. The SMILES string of the molecule is CC1CN(c2cc(F)c(-c3cc(F)c(C(=O)NC4CCCCC4(C)C)c(F)c3)cc2NC(=O)c2c[nH]c(=O)cc2C(F)(F)F)CC(C)N1C. The molecule has 1 aromatic heterocycles. The number of amides is 2. The van der Waals surface area contributed by atoms with Crippen LogP contribution in [-0.4, -0.2) is 60.0 Å². The average molecular weight is 692 g/mol. The van der Waals surface area contributed by atoms with Crippen LogP contribution in [0.5, 0.6) is 0 Å². The first-order chi connectivity index (χ1) is 22.9. The molecule has 2 aromatic carbocycles. The van der Waals surface area contributed by atoms with Crippen molar-refractivity contribution in [2.24, 2.45) is 5.41 Å². The van der Waals surface area contributed by atoms with E-state index in [4.69, 9.17) is 0 Å². The number of anilines is 2. The van der Waals surface area contributed by atoms with Gasteiger partial charge in [-0.2, -0.15) is 13.2 Å². The summed E-state index contributed by atoms with van der Waals surface area (Å²) in [5.41, 5.74) is -5.22. The molecule has 3 unspecified atom stereocenters. The summed E-state index contributed by atoms with van der Waals surface area (Å²) in [4.78, 5) is 44.0. The van der Waals surface area contributed by atoms with Crippen LogP contribution < -0.4 is 21.1 Å². The molecule has 2 amide bonds. The summed E-state index contributed by atoms with van der Waals surface area (Å²) >= 11 is 0. The van der Waals surface area contributed by atoms with Gasteiger partial charge in [0, 0.05) is 49.0 Å². The summed E-state index contributed by atoms with van der Waals surface area (Å²) in [6.07, 6.45) is -1.09. The Morgan fingerprint density at radius 2 is 1.55 bits per heavy atom. The molecule has 3 aromatic rings. The van der Waals surface area contributed by atoms with Gasteiger partial charge in [0.2, 0.25) is 5.56 Å². The largest absolute Gasteiger partial charge is 0.417 e. The third-order valence-electron chi connectivity index (χ3n) is 9.90. The summed E-state index contributed by atoms with van der Waals surface area (Å²) in [5, 5.41) is 5.16. The fraction of sp³-hybridized carbons (Fsp3) is 0.457. The predicted molar refractivity (Wildman–Crippen MR) is 174 cm³/mol. The van der Waals surface area contributed by atoms with Crippen LogP contribution in [0.2, 0.25) is 0 Å². The fourth-order valence-corrected chi connectivity index (χ4v) is 6.77. The number of benzene rings is 2. The number of alkyl halides is 3. The lowest BCUT2D eigenvalue weighted by Gasteiger charge is -2.44. The van der Waals surface area contributed by atoms with Crippen LogP contribution in [0.3, 0.4) is 0 Å². The lowest BCUT2D eigenvalue weighted by Crippen LogP contribution is -2.55. The number of aromatic nitrogens is 1. The molecule has 1 aliphatic carbocycles. The first kappa shape index (κ1) is 36.0. The van der Waals surface area contributed by atoms with Gasteiger partial charge in [-0.1, -0.05) is 26.7 Å². The predicted octanol–water partition coefficient (Wildman–Crippen LogP) is 6.96. The van der Waals surface area contributed by atoms with E-state index in [2.05, 4.69) is 20.5 Å². The van der Waals surface area contributed by atoms with Gasteiger partial charge in [0.15, 0.2) is 0 Å². The maximum atomic E-state index is 15.9. The second-order valence-corrected chi connectivity index (χ2v) is 13.8.